The predicted molar refractivity (Wildman–Crippen MR) is 176 cm³/mol. The average Bonchev–Trinajstić information content (AvgIpc) is 3.64. The van der Waals surface area contributed by atoms with E-state index in [2.05, 4.69) is 113 Å². The van der Waals surface area contributed by atoms with E-state index in [4.69, 9.17) is 8.83 Å². The lowest BCUT2D eigenvalue weighted by molar-refractivity contribution is 0.668. The lowest BCUT2D eigenvalue weighted by atomic mass is 9.98. The minimum absolute atomic E-state index is 0.808. The molecule has 0 fully saturated rings. The Hall–Kier alpha value is -5.87. The molecular formula is C39H24N2O2. The van der Waals surface area contributed by atoms with Crippen LogP contribution in [0.15, 0.2) is 155 Å². The highest BCUT2D eigenvalue weighted by molar-refractivity contribution is 6.18. The molecule has 0 aliphatic heterocycles. The fourth-order valence-electron chi connectivity index (χ4n) is 6.27. The van der Waals surface area contributed by atoms with Gasteiger partial charge < -0.3 is 13.7 Å². The molecule has 0 atom stereocenters. The highest BCUT2D eigenvalue weighted by atomic mass is 16.3. The van der Waals surface area contributed by atoms with Gasteiger partial charge in [0.25, 0.3) is 0 Å². The van der Waals surface area contributed by atoms with Crippen LogP contribution in [0, 0.1) is 0 Å². The zero-order valence-electron chi connectivity index (χ0n) is 23.1. The Balaban J connectivity index is 1.16. The van der Waals surface area contributed by atoms with Crippen molar-refractivity contribution in [3.05, 3.63) is 146 Å². The van der Waals surface area contributed by atoms with Crippen LogP contribution in [-0.2, 0) is 0 Å². The molecule has 0 saturated heterocycles. The molecule has 3 heterocycles. The van der Waals surface area contributed by atoms with Gasteiger partial charge in [0, 0.05) is 34.0 Å². The summed E-state index contributed by atoms with van der Waals surface area (Å²) in [5.74, 6) is 0. The molecule has 43 heavy (non-hydrogen) atoms. The first-order valence-corrected chi connectivity index (χ1v) is 14.4. The van der Waals surface area contributed by atoms with Gasteiger partial charge in [-0.05, 0) is 94.7 Å². The summed E-state index contributed by atoms with van der Waals surface area (Å²) in [6, 6.07) is 48.6. The Kier molecular flexibility index (Phi) is 5.16. The van der Waals surface area contributed by atoms with Crippen LogP contribution in [0.25, 0.3) is 65.9 Å². The Morgan fingerprint density at radius 1 is 0.442 bits per heavy atom. The van der Waals surface area contributed by atoms with Gasteiger partial charge in [-0.25, -0.2) is 0 Å². The summed E-state index contributed by atoms with van der Waals surface area (Å²) < 4.78 is 12.2. The van der Waals surface area contributed by atoms with Crippen molar-refractivity contribution in [1.82, 2.24) is 4.98 Å². The van der Waals surface area contributed by atoms with Gasteiger partial charge in [0.05, 0.1) is 5.39 Å². The maximum absolute atomic E-state index is 6.11. The van der Waals surface area contributed by atoms with Crippen molar-refractivity contribution in [2.45, 2.75) is 0 Å². The molecule has 0 aliphatic carbocycles. The number of aromatic nitrogens is 1. The monoisotopic (exact) mass is 552 g/mol. The van der Waals surface area contributed by atoms with Gasteiger partial charge >= 0.3 is 0 Å². The van der Waals surface area contributed by atoms with Crippen molar-refractivity contribution in [3.63, 3.8) is 0 Å². The lowest BCUT2D eigenvalue weighted by Gasteiger charge is -2.25. The summed E-state index contributed by atoms with van der Waals surface area (Å²) in [4.78, 5) is 6.93. The largest absolute Gasteiger partial charge is 0.456 e. The molecule has 0 saturated carbocycles. The molecule has 0 unspecified atom stereocenters. The standard InChI is InChI=1S/C39H24N2O2/c1-2-7-28(8-3-1)41(30-19-21-35-33(24-30)31-9-4-5-10-34(31)42-35)29-17-14-25(15-18-29)27-13-12-26-16-20-36-38(32(26)23-27)39-37(43-36)11-6-22-40-39/h1-24H. The van der Waals surface area contributed by atoms with Gasteiger partial charge in [-0.2, -0.15) is 0 Å². The molecule has 202 valence electrons. The summed E-state index contributed by atoms with van der Waals surface area (Å²) in [5, 5.41) is 5.59. The highest BCUT2D eigenvalue weighted by Gasteiger charge is 2.16. The SMILES string of the molecule is c1ccc(N(c2ccc(-c3ccc4ccc5oc6cccnc6c5c4c3)cc2)c2ccc3oc4ccccc4c3c2)cc1. The van der Waals surface area contributed by atoms with Crippen LogP contribution in [0.4, 0.5) is 17.1 Å². The molecule has 0 spiro atoms. The molecule has 9 rings (SSSR count). The van der Waals surface area contributed by atoms with E-state index < -0.39 is 0 Å². The zero-order chi connectivity index (χ0) is 28.3. The fourth-order valence-corrected chi connectivity index (χ4v) is 6.27. The molecule has 9 aromatic rings. The normalized spacial score (nSPS) is 11.7. The third-order valence-electron chi connectivity index (χ3n) is 8.30. The molecular weight excluding hydrogens is 528 g/mol. The number of anilines is 3. The Morgan fingerprint density at radius 2 is 1.12 bits per heavy atom. The quantitative estimate of drug-likeness (QED) is 0.218. The summed E-state index contributed by atoms with van der Waals surface area (Å²) in [5.41, 5.74) is 9.89. The molecule has 4 heteroatoms. The van der Waals surface area contributed by atoms with Crippen molar-refractivity contribution in [1.29, 1.82) is 0 Å². The van der Waals surface area contributed by atoms with Gasteiger partial charge in [0.15, 0.2) is 5.58 Å². The van der Waals surface area contributed by atoms with E-state index in [1.807, 2.05) is 42.6 Å². The third kappa shape index (κ3) is 3.81. The van der Waals surface area contributed by atoms with E-state index in [0.29, 0.717) is 0 Å². The molecule has 3 aromatic heterocycles. The molecule has 6 aromatic carbocycles. The molecule has 0 N–H and O–H groups in total. The fraction of sp³-hybridized carbons (Fsp3) is 0. The van der Waals surface area contributed by atoms with E-state index in [0.717, 1.165) is 77.6 Å². The van der Waals surface area contributed by atoms with Crippen LogP contribution in [0.5, 0.6) is 0 Å². The van der Waals surface area contributed by atoms with Crippen molar-refractivity contribution in [2.24, 2.45) is 0 Å². The maximum Gasteiger partial charge on any atom is 0.153 e. The van der Waals surface area contributed by atoms with Gasteiger partial charge in [-0.3, -0.25) is 4.98 Å². The Morgan fingerprint density at radius 3 is 2.02 bits per heavy atom. The Labute approximate surface area is 247 Å². The summed E-state index contributed by atoms with van der Waals surface area (Å²) in [6.07, 6.45) is 1.82. The van der Waals surface area contributed by atoms with Crippen LogP contribution in [0.3, 0.4) is 0 Å². The number of para-hydroxylation sites is 2. The van der Waals surface area contributed by atoms with E-state index >= 15 is 0 Å². The number of fused-ring (bicyclic) bond motifs is 8. The molecule has 4 nitrogen and oxygen atoms in total. The van der Waals surface area contributed by atoms with E-state index in [1.54, 1.807) is 0 Å². The molecule has 0 bridgehead atoms. The minimum atomic E-state index is 0.808. The summed E-state index contributed by atoms with van der Waals surface area (Å²) in [7, 11) is 0. The van der Waals surface area contributed by atoms with Crippen molar-refractivity contribution >= 4 is 71.8 Å². The predicted octanol–water partition coefficient (Wildman–Crippen LogP) is 11.2. The van der Waals surface area contributed by atoms with Gasteiger partial charge in [0.2, 0.25) is 0 Å². The van der Waals surface area contributed by atoms with E-state index in [-0.39, 0.29) is 0 Å². The van der Waals surface area contributed by atoms with E-state index in [1.165, 1.54) is 5.39 Å². The summed E-state index contributed by atoms with van der Waals surface area (Å²) in [6.45, 7) is 0. The van der Waals surface area contributed by atoms with Crippen LogP contribution < -0.4 is 4.90 Å². The van der Waals surface area contributed by atoms with E-state index in [9.17, 15) is 0 Å². The van der Waals surface area contributed by atoms with Crippen molar-refractivity contribution in [2.75, 3.05) is 4.90 Å². The molecule has 0 radical (unpaired) electrons. The van der Waals surface area contributed by atoms with Gasteiger partial charge in [-0.15, -0.1) is 0 Å². The number of benzene rings is 6. The number of rotatable bonds is 4. The third-order valence-corrected chi connectivity index (χ3v) is 8.30. The highest BCUT2D eigenvalue weighted by Crippen LogP contribution is 2.40. The van der Waals surface area contributed by atoms with Gasteiger partial charge in [0.1, 0.15) is 22.3 Å². The smallest absolute Gasteiger partial charge is 0.153 e. The van der Waals surface area contributed by atoms with Gasteiger partial charge in [-0.1, -0.05) is 66.7 Å². The van der Waals surface area contributed by atoms with Crippen LogP contribution in [0.2, 0.25) is 0 Å². The topological polar surface area (TPSA) is 42.4 Å². The first-order chi connectivity index (χ1) is 21.3. The first kappa shape index (κ1) is 23.8. The second kappa shape index (κ2) is 9.33. The molecule has 0 aliphatic rings. The summed E-state index contributed by atoms with van der Waals surface area (Å²) >= 11 is 0. The molecule has 0 amide bonds. The maximum atomic E-state index is 6.11. The first-order valence-electron chi connectivity index (χ1n) is 14.4. The number of hydrogen-bond donors (Lipinski definition) is 0. The Bertz CT molecular complexity index is 2450. The number of furan rings is 2. The van der Waals surface area contributed by atoms with Crippen LogP contribution >= 0.6 is 0 Å². The zero-order valence-corrected chi connectivity index (χ0v) is 23.1. The van der Waals surface area contributed by atoms with Crippen molar-refractivity contribution in [3.8, 4) is 11.1 Å². The number of pyridine rings is 1. The average molecular weight is 553 g/mol. The van der Waals surface area contributed by atoms with Crippen LogP contribution in [0.1, 0.15) is 0 Å². The minimum Gasteiger partial charge on any atom is -0.456 e. The second-order valence-electron chi connectivity index (χ2n) is 10.8. The number of nitrogens with zero attached hydrogens (tertiary/aromatic N) is 2. The van der Waals surface area contributed by atoms with Crippen molar-refractivity contribution < 1.29 is 8.83 Å². The number of hydrogen-bond acceptors (Lipinski definition) is 4. The van der Waals surface area contributed by atoms with Crippen LogP contribution in [-0.4, -0.2) is 4.98 Å². The second-order valence-corrected chi connectivity index (χ2v) is 10.8. The lowest BCUT2D eigenvalue weighted by Crippen LogP contribution is -2.09.